The summed E-state index contributed by atoms with van der Waals surface area (Å²) in [7, 11) is 0.553. The average molecular weight is 744 g/mol. The van der Waals surface area contributed by atoms with Crippen molar-refractivity contribution in [1.82, 2.24) is 44.5 Å². The number of nitrogens with zero attached hydrogens (tertiary/aromatic N) is 9. The minimum absolute atomic E-state index is 0.194. The zero-order chi connectivity index (χ0) is 35.8. The highest BCUT2D eigenvalue weighted by Gasteiger charge is 2.29. The van der Waals surface area contributed by atoms with Crippen molar-refractivity contribution < 1.29 is 18.2 Å². The molecule has 3 saturated heterocycles. The third-order valence-electron chi connectivity index (χ3n) is 9.98. The molecule has 2 N–H and O–H groups in total. The van der Waals surface area contributed by atoms with Crippen molar-refractivity contribution in [3.63, 3.8) is 0 Å². The number of halogens is 1. The van der Waals surface area contributed by atoms with Gasteiger partial charge in [-0.25, -0.2) is 23.3 Å². The highest BCUT2D eigenvalue weighted by molar-refractivity contribution is 7.82. The molecule has 0 aliphatic carbocycles. The number of anilines is 2. The quantitative estimate of drug-likeness (QED) is 0.218. The predicted octanol–water partition coefficient (Wildman–Crippen LogP) is 4.49. The predicted molar refractivity (Wildman–Crippen MR) is 195 cm³/mol. The number of likely N-dealkylation sites (tertiary alicyclic amines) is 1. The summed E-state index contributed by atoms with van der Waals surface area (Å²) in [6.45, 7) is 3.98. The van der Waals surface area contributed by atoms with Crippen LogP contribution in [0.2, 0.25) is 5.02 Å². The Morgan fingerprint density at radius 2 is 1.77 bits per heavy atom. The van der Waals surface area contributed by atoms with Crippen LogP contribution in [0.15, 0.2) is 64.2 Å². The number of aryl methyl sites for hydroxylation is 1. The molecule has 3 aliphatic rings. The molecule has 52 heavy (non-hydrogen) atoms. The number of benzene rings is 2. The topological polar surface area (TPSA) is 168 Å². The molecule has 3 amide bonds. The largest absolute Gasteiger partial charge is 0.419 e. The van der Waals surface area contributed by atoms with Gasteiger partial charge in [0.25, 0.3) is 0 Å². The van der Waals surface area contributed by atoms with Gasteiger partial charge in [0.05, 0.1) is 34.4 Å². The number of carbonyl (C=O) groups is 2. The Labute approximate surface area is 307 Å². The van der Waals surface area contributed by atoms with Crippen molar-refractivity contribution in [2.45, 2.75) is 55.5 Å². The van der Waals surface area contributed by atoms with Crippen molar-refractivity contribution in [3.8, 4) is 11.5 Å². The summed E-state index contributed by atoms with van der Waals surface area (Å²) in [5.74, 6) is 2.19. The number of piperidine rings is 2. The van der Waals surface area contributed by atoms with Gasteiger partial charge in [-0.15, -0.1) is 10.2 Å². The maximum atomic E-state index is 13.5. The van der Waals surface area contributed by atoms with Crippen molar-refractivity contribution in [2.75, 3.05) is 42.9 Å². The van der Waals surface area contributed by atoms with E-state index in [1.54, 1.807) is 17.1 Å². The van der Waals surface area contributed by atoms with Crippen molar-refractivity contribution in [2.24, 2.45) is 7.05 Å². The molecule has 270 valence electrons. The molecule has 0 bridgehead atoms. The number of hydrogen-bond donors (Lipinski definition) is 2. The first-order valence-corrected chi connectivity index (χ1v) is 18.9. The smallest absolute Gasteiger partial charge is 0.329 e. The molecule has 3 aliphatic heterocycles. The fourth-order valence-electron chi connectivity index (χ4n) is 7.15. The number of hydrogen-bond acceptors (Lipinski definition) is 11. The third kappa shape index (κ3) is 7.28. The number of urea groups is 1. The summed E-state index contributed by atoms with van der Waals surface area (Å²) in [4.78, 5) is 37.1. The molecular formula is C35H38ClN11O4S. The highest BCUT2D eigenvalue weighted by Crippen LogP contribution is 2.34. The maximum Gasteiger partial charge on any atom is 0.329 e. The van der Waals surface area contributed by atoms with E-state index in [0.717, 1.165) is 55.2 Å². The van der Waals surface area contributed by atoms with Gasteiger partial charge < -0.3 is 9.73 Å². The Hall–Kier alpha value is -4.77. The molecule has 3 fully saturated rings. The van der Waals surface area contributed by atoms with Gasteiger partial charge in [0, 0.05) is 50.1 Å². The van der Waals surface area contributed by atoms with Gasteiger partial charge in [0.1, 0.15) is 11.0 Å². The molecule has 3 aromatic heterocycles. The number of aromatic nitrogens is 6. The molecule has 0 spiro atoms. The summed E-state index contributed by atoms with van der Waals surface area (Å²) in [5, 5.41) is 20.4. The second kappa shape index (κ2) is 14.7. The van der Waals surface area contributed by atoms with Crippen LogP contribution >= 0.6 is 11.6 Å². The van der Waals surface area contributed by atoms with Crippen molar-refractivity contribution in [3.05, 3.63) is 71.3 Å². The second-order valence-corrected chi connectivity index (χ2v) is 15.3. The van der Waals surface area contributed by atoms with E-state index in [0.29, 0.717) is 65.6 Å². The lowest BCUT2D eigenvalue weighted by atomic mass is 9.89. The monoisotopic (exact) mass is 743 g/mol. The molecule has 2 aromatic carbocycles. The molecule has 6 heterocycles. The van der Waals surface area contributed by atoms with Gasteiger partial charge in [0.15, 0.2) is 5.82 Å². The summed E-state index contributed by atoms with van der Waals surface area (Å²) in [5.41, 5.74) is 2.93. The van der Waals surface area contributed by atoms with Gasteiger partial charge in [-0.05, 0) is 80.6 Å². The second-order valence-electron chi connectivity index (χ2n) is 13.4. The average Bonchev–Trinajstić information content (AvgIpc) is 3.77. The summed E-state index contributed by atoms with van der Waals surface area (Å²) in [6, 6.07) is 13.6. The molecule has 8 rings (SSSR count). The van der Waals surface area contributed by atoms with Crippen LogP contribution in [-0.4, -0.2) is 94.1 Å². The normalized spacial score (nSPS) is 18.9. The lowest BCUT2D eigenvalue weighted by Crippen LogP contribution is -2.49. The van der Waals surface area contributed by atoms with Crippen molar-refractivity contribution in [1.29, 1.82) is 0 Å². The fourth-order valence-corrected chi connectivity index (χ4v) is 8.51. The Morgan fingerprint density at radius 1 is 0.981 bits per heavy atom. The van der Waals surface area contributed by atoms with Crippen LogP contribution in [0.1, 0.15) is 49.5 Å². The lowest BCUT2D eigenvalue weighted by Gasteiger charge is -2.31. The van der Waals surface area contributed by atoms with Gasteiger partial charge in [-0.3, -0.25) is 24.6 Å². The van der Waals surface area contributed by atoms with Gasteiger partial charge in [0.2, 0.25) is 23.6 Å². The van der Waals surface area contributed by atoms with Gasteiger partial charge >= 0.3 is 6.03 Å². The van der Waals surface area contributed by atoms with E-state index in [9.17, 15) is 13.8 Å². The van der Waals surface area contributed by atoms with Crippen LogP contribution in [0.4, 0.5) is 16.6 Å². The molecule has 17 heteroatoms. The van der Waals surface area contributed by atoms with Crippen LogP contribution in [0.3, 0.4) is 0 Å². The number of nitrogens with one attached hydrogen (secondary N) is 2. The molecule has 1 unspecified atom stereocenters. The zero-order valence-corrected chi connectivity index (χ0v) is 30.1. The number of imide groups is 1. The van der Waals surface area contributed by atoms with Crippen LogP contribution in [-0.2, 0) is 29.4 Å². The van der Waals surface area contributed by atoms with Crippen molar-refractivity contribution >= 4 is 57.2 Å². The molecule has 0 radical (unpaired) electrons. The summed E-state index contributed by atoms with van der Waals surface area (Å²) < 4.78 is 23.4. The minimum atomic E-state index is -1.32. The zero-order valence-electron chi connectivity index (χ0n) is 28.6. The molecular weight excluding hydrogens is 706 g/mol. The number of amides is 3. The Kier molecular flexibility index (Phi) is 9.70. The first-order chi connectivity index (χ1) is 25.3. The summed E-state index contributed by atoms with van der Waals surface area (Å²) in [6.07, 6.45) is 6.97. The first kappa shape index (κ1) is 34.3. The Balaban J connectivity index is 0.848. The molecule has 1 atom stereocenters. The van der Waals surface area contributed by atoms with Crippen LogP contribution in [0.25, 0.3) is 22.4 Å². The van der Waals surface area contributed by atoms with E-state index in [1.165, 1.54) is 10.5 Å². The molecule has 0 saturated carbocycles. The number of carbonyl (C=O) groups excluding carboxylic acids is 2. The standard InChI is InChI=1S/C35H38ClN11O4S/c1-44-29-18-23(5-6-28(29)32(43-44)47-16-11-30(48)40-35(47)49)22-7-12-45(13-8-22)21-31-41-42-33(51-31)24-3-2-4-27(17-24)52(50)46-14-9-26(10-15-46)39-34-37-19-25(36)20-38-34/h2-6,17-20,22,26H,7-16,21H2,1H3,(H,37,38,39)(H,40,48,49). The SMILES string of the molecule is Cn1nc(N2CCC(=O)NC2=O)c2ccc(C3CCN(Cc4nnc(-c5cccc(S(=O)N6CCC(Nc7ncc(Cl)cn7)CC6)c5)o4)CC3)cc21. The lowest BCUT2D eigenvalue weighted by molar-refractivity contribution is -0.120. The van der Waals surface area contributed by atoms with E-state index in [2.05, 4.69) is 52.9 Å². The van der Waals surface area contributed by atoms with E-state index in [-0.39, 0.29) is 18.4 Å². The van der Waals surface area contributed by atoms with Crippen LogP contribution in [0, 0.1) is 0 Å². The first-order valence-electron chi connectivity index (χ1n) is 17.4. The number of rotatable bonds is 9. The van der Waals surface area contributed by atoms with Crippen LogP contribution < -0.4 is 15.5 Å². The highest BCUT2D eigenvalue weighted by atomic mass is 35.5. The van der Waals surface area contributed by atoms with E-state index >= 15 is 0 Å². The van der Waals surface area contributed by atoms with Gasteiger partial charge in [-0.2, -0.15) is 5.10 Å². The van der Waals surface area contributed by atoms with Crippen LogP contribution in [0.5, 0.6) is 0 Å². The Bertz CT molecular complexity index is 2120. The molecule has 5 aromatic rings. The number of fused-ring (bicyclic) bond motifs is 1. The van der Waals surface area contributed by atoms with E-state index in [4.69, 9.17) is 16.0 Å². The third-order valence-corrected chi connectivity index (χ3v) is 11.7. The molecule has 15 nitrogen and oxygen atoms in total. The maximum absolute atomic E-state index is 13.5. The Morgan fingerprint density at radius 3 is 2.54 bits per heavy atom. The van der Waals surface area contributed by atoms with Gasteiger partial charge in [-0.1, -0.05) is 23.7 Å². The summed E-state index contributed by atoms with van der Waals surface area (Å²) >= 11 is 5.89. The van der Waals surface area contributed by atoms with E-state index < -0.39 is 17.0 Å². The minimum Gasteiger partial charge on any atom is -0.419 e. The fraction of sp³-hybridized carbons (Fsp3) is 0.400. The van der Waals surface area contributed by atoms with E-state index in [1.807, 2.05) is 41.7 Å².